The molecular formula is C21H20FNO7. The van der Waals surface area contributed by atoms with Crippen molar-refractivity contribution in [2.45, 2.75) is 12.8 Å². The maximum atomic E-state index is 13.5. The number of benzene rings is 2. The molecule has 0 aliphatic carbocycles. The van der Waals surface area contributed by atoms with Crippen LogP contribution in [0.15, 0.2) is 36.4 Å². The number of nitrogens with zero attached hydrogens (tertiary/aromatic N) is 1. The van der Waals surface area contributed by atoms with Gasteiger partial charge in [0.15, 0.2) is 11.5 Å². The minimum atomic E-state index is -1.28. The second-order valence-corrected chi connectivity index (χ2v) is 6.90. The van der Waals surface area contributed by atoms with Crippen LogP contribution in [0.2, 0.25) is 0 Å². The fraction of sp³-hybridized carbons (Fsp3) is 0.286. The molecule has 0 saturated carbocycles. The summed E-state index contributed by atoms with van der Waals surface area (Å²) in [6.45, 7) is 1.12. The third kappa shape index (κ3) is 4.68. The molecule has 30 heavy (non-hydrogen) atoms. The number of carbonyl (C=O) groups excluding carboxylic acids is 1. The summed E-state index contributed by atoms with van der Waals surface area (Å²) in [5.74, 6) is -0.672. The smallest absolute Gasteiger partial charge is 0.338 e. The predicted molar refractivity (Wildman–Crippen MR) is 102 cm³/mol. The Morgan fingerprint density at radius 2 is 1.90 bits per heavy atom. The first-order valence-corrected chi connectivity index (χ1v) is 9.21. The van der Waals surface area contributed by atoms with Crippen molar-refractivity contribution in [3.63, 3.8) is 0 Å². The van der Waals surface area contributed by atoms with E-state index >= 15 is 0 Å². The van der Waals surface area contributed by atoms with Crippen molar-refractivity contribution in [1.82, 2.24) is 4.90 Å². The quantitative estimate of drug-likeness (QED) is 0.735. The molecular weight excluding hydrogens is 397 g/mol. The highest BCUT2D eigenvalue weighted by Crippen LogP contribution is 2.33. The Morgan fingerprint density at radius 1 is 1.17 bits per heavy atom. The van der Waals surface area contributed by atoms with E-state index in [4.69, 9.17) is 24.5 Å². The molecule has 1 saturated heterocycles. The van der Waals surface area contributed by atoms with Crippen LogP contribution in [0.1, 0.15) is 32.7 Å². The molecule has 2 heterocycles. The molecule has 1 unspecified atom stereocenters. The molecule has 2 aliphatic heterocycles. The van der Waals surface area contributed by atoms with Gasteiger partial charge in [-0.2, -0.15) is 0 Å². The van der Waals surface area contributed by atoms with Crippen LogP contribution in [0.5, 0.6) is 11.5 Å². The van der Waals surface area contributed by atoms with Crippen LogP contribution in [0.4, 0.5) is 4.39 Å². The summed E-state index contributed by atoms with van der Waals surface area (Å²) >= 11 is 0. The van der Waals surface area contributed by atoms with Crippen molar-refractivity contribution < 1.29 is 38.5 Å². The highest BCUT2D eigenvalue weighted by molar-refractivity contribution is 5.95. The molecule has 0 spiro atoms. The van der Waals surface area contributed by atoms with Crippen LogP contribution in [-0.2, 0) is 11.2 Å². The summed E-state index contributed by atoms with van der Waals surface area (Å²) in [6.07, 6.45) is 1.42. The van der Waals surface area contributed by atoms with Crippen molar-refractivity contribution in [1.29, 1.82) is 0 Å². The summed E-state index contributed by atoms with van der Waals surface area (Å²) in [7, 11) is 0. The molecule has 4 rings (SSSR count). The molecule has 0 aromatic heterocycles. The largest absolute Gasteiger partial charge is 0.483 e. The molecule has 8 nitrogen and oxygen atoms in total. The molecule has 0 bridgehead atoms. The molecule has 2 aliphatic rings. The predicted octanol–water partition coefficient (Wildman–Crippen LogP) is 2.66. The molecule has 0 radical (unpaired) electrons. The van der Waals surface area contributed by atoms with Gasteiger partial charge in [-0.15, -0.1) is 0 Å². The number of rotatable bonds is 4. The van der Waals surface area contributed by atoms with Gasteiger partial charge in [0.25, 0.3) is 12.4 Å². The standard InChI is InChI=1S/C20H18FNO5.CH2O2/c21-16-3-1-12(8-15(16)20(24)25)7-13-5-6-22(10-13)19(23)14-2-4-17-18(9-14)27-11-26-17;2-1-3/h1-4,8-9,13H,5-7,10-11H2,(H,24,25);1H,(H,2,3). The van der Waals surface area contributed by atoms with Gasteiger partial charge in [-0.1, -0.05) is 6.07 Å². The van der Waals surface area contributed by atoms with Gasteiger partial charge >= 0.3 is 5.97 Å². The maximum absolute atomic E-state index is 13.5. The number of fused-ring (bicyclic) bond motifs is 1. The topological polar surface area (TPSA) is 113 Å². The van der Waals surface area contributed by atoms with Gasteiger partial charge in [-0.3, -0.25) is 9.59 Å². The number of halogens is 1. The number of ether oxygens (including phenoxy) is 2. The van der Waals surface area contributed by atoms with E-state index < -0.39 is 11.8 Å². The first kappa shape index (κ1) is 21.1. The Balaban J connectivity index is 0.000000806. The summed E-state index contributed by atoms with van der Waals surface area (Å²) in [5, 5.41) is 15.9. The van der Waals surface area contributed by atoms with Crippen molar-refractivity contribution in [2.75, 3.05) is 19.9 Å². The Kier molecular flexibility index (Phi) is 6.51. The van der Waals surface area contributed by atoms with Crippen LogP contribution in [0.3, 0.4) is 0 Å². The molecule has 1 fully saturated rings. The third-order valence-electron chi connectivity index (χ3n) is 4.98. The molecule has 2 N–H and O–H groups in total. The van der Waals surface area contributed by atoms with Crippen molar-refractivity contribution in [3.05, 3.63) is 58.9 Å². The van der Waals surface area contributed by atoms with E-state index in [1.54, 1.807) is 29.2 Å². The zero-order valence-electron chi connectivity index (χ0n) is 15.9. The molecule has 2 aromatic carbocycles. The zero-order chi connectivity index (χ0) is 21.7. The third-order valence-corrected chi connectivity index (χ3v) is 4.98. The van der Waals surface area contributed by atoms with Gasteiger partial charge in [0, 0.05) is 18.7 Å². The lowest BCUT2D eigenvalue weighted by Gasteiger charge is -2.17. The Hall–Kier alpha value is -3.62. The fourth-order valence-corrected chi connectivity index (χ4v) is 3.59. The summed E-state index contributed by atoms with van der Waals surface area (Å²) < 4.78 is 24.1. The second-order valence-electron chi connectivity index (χ2n) is 6.90. The van der Waals surface area contributed by atoms with E-state index in [1.807, 2.05) is 0 Å². The lowest BCUT2D eigenvalue weighted by Crippen LogP contribution is -2.28. The van der Waals surface area contributed by atoms with Crippen LogP contribution in [-0.4, -0.2) is 53.3 Å². The van der Waals surface area contributed by atoms with Gasteiger partial charge in [0.05, 0.1) is 5.56 Å². The van der Waals surface area contributed by atoms with Crippen LogP contribution in [0.25, 0.3) is 0 Å². The van der Waals surface area contributed by atoms with E-state index in [2.05, 4.69) is 0 Å². The summed E-state index contributed by atoms with van der Waals surface area (Å²) in [5.41, 5.74) is 0.991. The Bertz CT molecular complexity index is 962. The molecule has 9 heteroatoms. The SMILES string of the molecule is O=C(O)c1cc(CC2CCN(C(=O)c3ccc4c(c3)OCO4)C2)ccc1F.O=CO. The lowest BCUT2D eigenvalue weighted by molar-refractivity contribution is -0.122. The van der Waals surface area contributed by atoms with Crippen LogP contribution < -0.4 is 9.47 Å². The average molecular weight is 417 g/mol. The minimum absolute atomic E-state index is 0.0684. The highest BCUT2D eigenvalue weighted by atomic mass is 19.1. The van der Waals surface area contributed by atoms with Gasteiger partial charge in [0.1, 0.15) is 5.82 Å². The highest BCUT2D eigenvalue weighted by Gasteiger charge is 2.28. The van der Waals surface area contributed by atoms with Crippen LogP contribution in [0, 0.1) is 11.7 Å². The number of hydrogen-bond donors (Lipinski definition) is 2. The number of hydrogen-bond acceptors (Lipinski definition) is 5. The van der Waals surface area contributed by atoms with Crippen LogP contribution >= 0.6 is 0 Å². The fourth-order valence-electron chi connectivity index (χ4n) is 3.59. The Morgan fingerprint density at radius 3 is 2.63 bits per heavy atom. The Labute approximate surface area is 171 Å². The van der Waals surface area contributed by atoms with Crippen molar-refractivity contribution >= 4 is 18.3 Å². The van der Waals surface area contributed by atoms with E-state index in [0.29, 0.717) is 36.6 Å². The lowest BCUT2D eigenvalue weighted by atomic mass is 9.97. The van der Waals surface area contributed by atoms with E-state index in [0.717, 1.165) is 12.0 Å². The zero-order valence-corrected chi connectivity index (χ0v) is 15.9. The monoisotopic (exact) mass is 417 g/mol. The first-order chi connectivity index (χ1) is 14.4. The molecule has 1 amide bonds. The summed E-state index contributed by atoms with van der Waals surface area (Å²) in [4.78, 5) is 34.0. The number of carboxylic acids is 1. The molecule has 1 atom stereocenters. The number of carbonyl (C=O) groups is 3. The van der Waals surface area contributed by atoms with E-state index in [1.165, 1.54) is 12.1 Å². The number of carboxylic acid groups (broad SMARTS) is 2. The normalized spacial score (nSPS) is 16.6. The second kappa shape index (κ2) is 9.25. The summed E-state index contributed by atoms with van der Waals surface area (Å²) in [6, 6.07) is 9.31. The minimum Gasteiger partial charge on any atom is -0.483 e. The first-order valence-electron chi connectivity index (χ1n) is 9.21. The molecule has 158 valence electrons. The van der Waals surface area contributed by atoms with Gasteiger partial charge in [-0.25, -0.2) is 9.18 Å². The van der Waals surface area contributed by atoms with Gasteiger partial charge < -0.3 is 24.6 Å². The van der Waals surface area contributed by atoms with E-state index in [-0.39, 0.29) is 30.7 Å². The number of likely N-dealkylation sites (tertiary alicyclic amines) is 1. The number of amides is 1. The number of aromatic carboxylic acids is 1. The maximum Gasteiger partial charge on any atom is 0.338 e. The van der Waals surface area contributed by atoms with Crippen molar-refractivity contribution in [3.8, 4) is 11.5 Å². The van der Waals surface area contributed by atoms with E-state index in [9.17, 15) is 14.0 Å². The van der Waals surface area contributed by atoms with Gasteiger partial charge in [0.2, 0.25) is 6.79 Å². The molecule has 2 aromatic rings. The van der Waals surface area contributed by atoms with Gasteiger partial charge in [-0.05, 0) is 54.7 Å². The average Bonchev–Trinajstić information content (AvgIpc) is 3.38. The van der Waals surface area contributed by atoms with Crippen molar-refractivity contribution in [2.24, 2.45) is 5.92 Å².